The average Bonchev–Trinajstić information content (AvgIpc) is 2.65. The molecule has 0 saturated heterocycles. The number of rotatable bonds is 5. The number of benzene rings is 1. The largest absolute Gasteiger partial charge is 0.484 e. The van der Waals surface area contributed by atoms with Gasteiger partial charge in [0.2, 0.25) is 15.9 Å². The van der Waals surface area contributed by atoms with Gasteiger partial charge in [0, 0.05) is 32.9 Å². The summed E-state index contributed by atoms with van der Waals surface area (Å²) in [5.41, 5.74) is 0.955. The highest BCUT2D eigenvalue weighted by atomic mass is 32.2. The summed E-state index contributed by atoms with van der Waals surface area (Å²) >= 11 is 0. The van der Waals surface area contributed by atoms with Crippen LogP contribution in [0.4, 0.5) is 5.69 Å². The second-order valence-corrected chi connectivity index (χ2v) is 9.57. The first-order chi connectivity index (χ1) is 13.1. The van der Waals surface area contributed by atoms with Crippen molar-refractivity contribution in [2.24, 2.45) is 0 Å². The zero-order chi connectivity index (χ0) is 20.5. The first kappa shape index (κ1) is 20.3. The minimum Gasteiger partial charge on any atom is -0.484 e. The summed E-state index contributed by atoms with van der Waals surface area (Å²) in [4.78, 5) is 17.8. The molecular weight excluding hydrogens is 378 g/mol. The van der Waals surface area contributed by atoms with Gasteiger partial charge in [0.15, 0.2) is 0 Å². The number of hydrogen-bond acceptors (Lipinski definition) is 5. The summed E-state index contributed by atoms with van der Waals surface area (Å²) in [6, 6.07) is 8.39. The number of hydrogen-bond donors (Lipinski definition) is 0. The summed E-state index contributed by atoms with van der Waals surface area (Å²) in [5, 5.41) is 0. The highest BCUT2D eigenvalue weighted by Gasteiger charge is 2.35. The number of aromatic nitrogens is 1. The maximum atomic E-state index is 13.0. The Balaban J connectivity index is 1.86. The van der Waals surface area contributed by atoms with Crippen molar-refractivity contribution in [3.63, 3.8) is 0 Å². The lowest BCUT2D eigenvalue weighted by molar-refractivity contribution is -0.117. The number of sulfonamides is 1. The van der Waals surface area contributed by atoms with Gasteiger partial charge in [-0.15, -0.1) is 0 Å². The van der Waals surface area contributed by atoms with Gasteiger partial charge < -0.3 is 9.64 Å². The molecular formula is C20H25N3O4S. The normalized spacial score (nSPS) is 15.8. The average molecular weight is 404 g/mol. The first-order valence-electron chi connectivity index (χ1n) is 9.06. The summed E-state index contributed by atoms with van der Waals surface area (Å²) in [6.07, 6.45) is 3.95. The van der Waals surface area contributed by atoms with Gasteiger partial charge >= 0.3 is 0 Å². The highest BCUT2D eigenvalue weighted by Crippen LogP contribution is 2.38. The molecule has 8 heteroatoms. The predicted octanol–water partition coefficient (Wildman–Crippen LogP) is 2.47. The fourth-order valence-corrected chi connectivity index (χ4v) is 4.36. The smallest absolute Gasteiger partial charge is 0.242 e. The third-order valence-electron chi connectivity index (χ3n) is 4.70. The maximum absolute atomic E-state index is 13.0. The first-order valence-corrected chi connectivity index (χ1v) is 10.5. The van der Waals surface area contributed by atoms with E-state index in [1.807, 2.05) is 26.0 Å². The van der Waals surface area contributed by atoms with Gasteiger partial charge in [0.25, 0.3) is 0 Å². The molecule has 3 rings (SSSR count). The Morgan fingerprint density at radius 2 is 1.93 bits per heavy atom. The fraction of sp³-hybridized carbons (Fsp3) is 0.400. The molecule has 0 N–H and O–H groups in total. The highest BCUT2D eigenvalue weighted by molar-refractivity contribution is 7.89. The fourth-order valence-electron chi connectivity index (χ4n) is 3.17. The molecule has 1 aliphatic heterocycles. The molecule has 1 amide bonds. The van der Waals surface area contributed by atoms with Crippen LogP contribution in [0.5, 0.6) is 5.75 Å². The molecule has 0 atom stereocenters. The third-order valence-corrected chi connectivity index (χ3v) is 6.55. The van der Waals surface area contributed by atoms with E-state index in [1.165, 1.54) is 23.4 Å². The van der Waals surface area contributed by atoms with E-state index in [-0.39, 0.29) is 10.8 Å². The molecule has 2 aromatic rings. The summed E-state index contributed by atoms with van der Waals surface area (Å²) in [6.45, 7) is 5.94. The van der Waals surface area contributed by atoms with Crippen LogP contribution in [0.3, 0.4) is 0 Å². The van der Waals surface area contributed by atoms with Gasteiger partial charge in [-0.05, 0) is 56.2 Å². The van der Waals surface area contributed by atoms with Crippen molar-refractivity contribution in [3.8, 4) is 5.75 Å². The molecule has 0 spiro atoms. The molecule has 28 heavy (non-hydrogen) atoms. The summed E-state index contributed by atoms with van der Waals surface area (Å²) in [7, 11) is -2.14. The Morgan fingerprint density at radius 1 is 1.25 bits per heavy atom. The van der Waals surface area contributed by atoms with Crippen LogP contribution in [0.25, 0.3) is 0 Å². The lowest BCUT2D eigenvalue weighted by Crippen LogP contribution is -2.48. The van der Waals surface area contributed by atoms with E-state index in [4.69, 9.17) is 4.74 Å². The minimum absolute atomic E-state index is 0.137. The van der Waals surface area contributed by atoms with Gasteiger partial charge in [0.1, 0.15) is 11.4 Å². The molecule has 1 aromatic carbocycles. The molecule has 1 aliphatic rings. The number of nitrogens with zero attached hydrogens (tertiary/aromatic N) is 3. The number of anilines is 1. The van der Waals surface area contributed by atoms with Gasteiger partial charge in [-0.2, -0.15) is 0 Å². The van der Waals surface area contributed by atoms with Gasteiger partial charge in [-0.1, -0.05) is 0 Å². The molecule has 1 aromatic heterocycles. The van der Waals surface area contributed by atoms with E-state index in [2.05, 4.69) is 4.98 Å². The van der Waals surface area contributed by atoms with Crippen LogP contribution in [-0.4, -0.2) is 49.4 Å². The van der Waals surface area contributed by atoms with Gasteiger partial charge in [-0.25, -0.2) is 12.7 Å². The predicted molar refractivity (Wildman–Crippen MR) is 107 cm³/mol. The molecule has 0 radical (unpaired) electrons. The molecule has 150 valence electrons. The van der Waals surface area contributed by atoms with E-state index in [0.717, 1.165) is 5.56 Å². The zero-order valence-corrected chi connectivity index (χ0v) is 17.4. The van der Waals surface area contributed by atoms with Crippen molar-refractivity contribution in [3.05, 3.63) is 48.3 Å². The molecule has 7 nitrogen and oxygen atoms in total. The van der Waals surface area contributed by atoms with Crippen molar-refractivity contribution in [1.29, 1.82) is 0 Å². The van der Waals surface area contributed by atoms with Crippen LogP contribution < -0.4 is 9.64 Å². The van der Waals surface area contributed by atoms with Crippen LogP contribution in [0.2, 0.25) is 0 Å². The van der Waals surface area contributed by atoms with Gasteiger partial charge in [0.05, 0.1) is 17.1 Å². The van der Waals surface area contributed by atoms with Crippen molar-refractivity contribution in [2.75, 3.05) is 25.0 Å². The number of fused-ring (bicyclic) bond motifs is 1. The van der Waals surface area contributed by atoms with E-state index < -0.39 is 15.6 Å². The van der Waals surface area contributed by atoms with E-state index in [1.54, 1.807) is 30.4 Å². The molecule has 2 heterocycles. The van der Waals surface area contributed by atoms with E-state index in [0.29, 0.717) is 30.9 Å². The number of likely N-dealkylation sites (N-methyl/N-ethyl adjacent to an activating group) is 1. The number of carbonyl (C=O) groups excluding carboxylic acids is 1. The van der Waals surface area contributed by atoms with E-state index >= 15 is 0 Å². The number of carbonyl (C=O) groups is 1. The lowest BCUT2D eigenvalue weighted by atomic mass is 10.1. The van der Waals surface area contributed by atoms with Crippen LogP contribution in [0.15, 0.2) is 47.6 Å². The van der Waals surface area contributed by atoms with Crippen molar-refractivity contribution >= 4 is 21.6 Å². The topological polar surface area (TPSA) is 79.8 Å². The third kappa shape index (κ3) is 4.18. The van der Waals surface area contributed by atoms with Crippen molar-refractivity contribution in [2.45, 2.75) is 37.7 Å². The second-order valence-electron chi connectivity index (χ2n) is 7.53. The van der Waals surface area contributed by atoms with Crippen LogP contribution >= 0.6 is 0 Å². The van der Waals surface area contributed by atoms with Gasteiger partial charge in [-0.3, -0.25) is 9.78 Å². The SMILES string of the molecule is CC(=O)N1CC(C)(C)Oc2ccc(S(=O)(=O)N(C)CCc3ccncc3)cc21. The lowest BCUT2D eigenvalue weighted by Gasteiger charge is -2.39. The Kier molecular flexibility index (Phi) is 5.45. The Hall–Kier alpha value is -2.45. The van der Waals surface area contributed by atoms with Crippen LogP contribution in [0.1, 0.15) is 26.3 Å². The molecule has 0 aliphatic carbocycles. The maximum Gasteiger partial charge on any atom is 0.242 e. The Morgan fingerprint density at radius 3 is 2.57 bits per heavy atom. The van der Waals surface area contributed by atoms with Crippen LogP contribution in [0, 0.1) is 0 Å². The summed E-state index contributed by atoms with van der Waals surface area (Å²) in [5.74, 6) is 0.350. The molecule has 0 bridgehead atoms. The van der Waals surface area contributed by atoms with Crippen molar-refractivity contribution in [1.82, 2.24) is 9.29 Å². The quantitative estimate of drug-likeness (QED) is 0.766. The molecule has 0 unspecified atom stereocenters. The summed E-state index contributed by atoms with van der Waals surface area (Å²) < 4.78 is 33.3. The second kappa shape index (κ2) is 7.52. The standard InChI is InChI=1S/C20H25N3O4S/c1-15(24)23-14-20(2,3)27-19-6-5-17(13-18(19)23)28(25,26)22(4)12-9-16-7-10-21-11-8-16/h5-8,10-11,13H,9,12,14H2,1-4H3. The van der Waals surface area contributed by atoms with Crippen molar-refractivity contribution < 1.29 is 17.9 Å². The number of ether oxygens (including phenoxy) is 1. The zero-order valence-electron chi connectivity index (χ0n) is 16.5. The Labute approximate surface area is 166 Å². The Bertz CT molecular complexity index is 974. The number of amides is 1. The van der Waals surface area contributed by atoms with E-state index in [9.17, 15) is 13.2 Å². The minimum atomic E-state index is -3.70. The monoisotopic (exact) mass is 403 g/mol. The number of pyridine rings is 1. The molecule has 0 fully saturated rings. The van der Waals surface area contributed by atoms with Crippen LogP contribution in [-0.2, 0) is 21.2 Å². The molecule has 0 saturated carbocycles.